The van der Waals surface area contributed by atoms with Gasteiger partial charge in [-0.25, -0.2) is 14.4 Å². The average molecular weight is 679 g/mol. The Morgan fingerprint density at radius 3 is 2.27 bits per heavy atom. The number of nitrogens with zero attached hydrogens (tertiary/aromatic N) is 5. The lowest BCUT2D eigenvalue weighted by Crippen LogP contribution is -2.40. The quantitative estimate of drug-likeness (QED) is 0.152. The summed E-state index contributed by atoms with van der Waals surface area (Å²) in [5.74, 6) is 0. The molecule has 2 bridgehead atoms. The Morgan fingerprint density at radius 2 is 1.59 bits per heavy atom. The number of aromatic nitrogens is 4. The van der Waals surface area contributed by atoms with Gasteiger partial charge in [-0.15, -0.1) is 0 Å². The molecule has 2 aliphatic rings. The second-order valence-electron chi connectivity index (χ2n) is 11.8. The van der Waals surface area contributed by atoms with Gasteiger partial charge in [-0.3, -0.25) is 0 Å². The minimum atomic E-state index is -4.51. The number of benzene rings is 3. The molecule has 4 heterocycles. The van der Waals surface area contributed by atoms with E-state index in [0.29, 0.717) is 33.4 Å². The Morgan fingerprint density at radius 1 is 0.939 bits per heavy atom. The Bertz CT molecular complexity index is 2030. The van der Waals surface area contributed by atoms with Gasteiger partial charge in [0.05, 0.1) is 41.8 Å². The van der Waals surface area contributed by atoms with E-state index in [2.05, 4.69) is 25.6 Å². The predicted octanol–water partition coefficient (Wildman–Crippen LogP) is 6.66. The molecule has 7 rings (SSSR count). The van der Waals surface area contributed by atoms with Crippen molar-refractivity contribution in [3.05, 3.63) is 78.1 Å². The second-order valence-corrected chi connectivity index (χ2v) is 11.8. The maximum Gasteiger partial charge on any atom is 0.434 e. The van der Waals surface area contributed by atoms with E-state index < -0.39 is 30.0 Å². The van der Waals surface area contributed by atoms with Crippen molar-refractivity contribution in [1.82, 2.24) is 24.9 Å². The van der Waals surface area contributed by atoms with E-state index in [1.807, 2.05) is 4.90 Å². The number of hydrogen-bond acceptors (Lipinski definition) is 8. The van der Waals surface area contributed by atoms with Crippen LogP contribution in [0.3, 0.4) is 0 Å². The molecule has 2 aliphatic heterocycles. The molecule has 0 spiro atoms. The monoisotopic (exact) mass is 678 g/mol. The van der Waals surface area contributed by atoms with Crippen molar-refractivity contribution >= 4 is 57.1 Å². The molecule has 2 fully saturated rings. The molecule has 256 valence electrons. The van der Waals surface area contributed by atoms with Crippen LogP contribution in [0.4, 0.5) is 44.6 Å². The van der Waals surface area contributed by atoms with Crippen molar-refractivity contribution in [3.8, 4) is 0 Å². The maximum atomic E-state index is 14.0. The average Bonchev–Trinajstić information content (AvgIpc) is 3.78. The number of fused-ring (bicyclic) bond motifs is 4. The van der Waals surface area contributed by atoms with Gasteiger partial charge in [-0.1, -0.05) is 18.2 Å². The topological polar surface area (TPSA) is 170 Å². The summed E-state index contributed by atoms with van der Waals surface area (Å²) in [6.45, 7) is -0.105. The first-order valence-electron chi connectivity index (χ1n) is 15.5. The lowest BCUT2D eigenvalue weighted by molar-refractivity contribution is -0.137. The number of nitrogen functional groups attached to an aromatic ring is 1. The van der Waals surface area contributed by atoms with Crippen LogP contribution in [0.5, 0.6) is 0 Å². The number of ether oxygens (including phenoxy) is 1. The summed E-state index contributed by atoms with van der Waals surface area (Å²) in [5.41, 5.74) is 7.46. The number of piperidine rings is 1. The SMILES string of the molecule is COC(=O)n1ncc2c(N)cccc21.O=C(NCc1ccc(N2C3CCCC2CC3)c(C(F)(F)F)c1)Nc1cccc2c1cnn2C(=O)O. The minimum Gasteiger partial charge on any atom is -0.463 e. The third kappa shape index (κ3) is 6.66. The van der Waals surface area contributed by atoms with Crippen LogP contribution in [0, 0.1) is 0 Å². The number of amides is 2. The largest absolute Gasteiger partial charge is 0.463 e. The zero-order chi connectivity index (χ0) is 34.9. The van der Waals surface area contributed by atoms with Crippen LogP contribution in [0.25, 0.3) is 21.8 Å². The van der Waals surface area contributed by atoms with Crippen molar-refractivity contribution in [1.29, 1.82) is 0 Å². The fraction of sp³-hybridized carbons (Fsp3) is 0.303. The van der Waals surface area contributed by atoms with Crippen molar-refractivity contribution < 1.29 is 37.4 Å². The van der Waals surface area contributed by atoms with E-state index >= 15 is 0 Å². The molecule has 5 N–H and O–H groups in total. The fourth-order valence-corrected chi connectivity index (χ4v) is 6.62. The second kappa shape index (κ2) is 13.4. The van der Waals surface area contributed by atoms with Gasteiger partial charge in [0.15, 0.2) is 0 Å². The number of methoxy groups -OCH3 is 1. The number of carbonyl (C=O) groups excluding carboxylic acids is 2. The van der Waals surface area contributed by atoms with Gasteiger partial charge in [-0.05, 0) is 74.1 Å². The lowest BCUT2D eigenvalue weighted by atomic mass is 9.99. The van der Waals surface area contributed by atoms with Crippen molar-refractivity contribution in [2.75, 3.05) is 23.1 Å². The highest BCUT2D eigenvalue weighted by molar-refractivity contribution is 6.02. The van der Waals surface area contributed by atoms with Crippen LogP contribution < -0.4 is 21.3 Å². The van der Waals surface area contributed by atoms with Crippen LogP contribution in [0.1, 0.15) is 43.2 Å². The first-order valence-corrected chi connectivity index (χ1v) is 15.5. The molecular formula is C33H33F3N8O5. The lowest BCUT2D eigenvalue weighted by Gasteiger charge is -2.38. The molecule has 2 aromatic heterocycles. The van der Waals surface area contributed by atoms with Crippen LogP contribution >= 0.6 is 0 Å². The zero-order valence-corrected chi connectivity index (χ0v) is 26.3. The number of halogens is 3. The number of carbonyl (C=O) groups is 3. The number of urea groups is 1. The highest BCUT2D eigenvalue weighted by Crippen LogP contribution is 2.45. The number of nitrogens with one attached hydrogen (secondary N) is 2. The minimum absolute atomic E-state index is 0.105. The molecule has 3 aromatic carbocycles. The number of anilines is 3. The van der Waals surface area contributed by atoms with E-state index in [1.165, 1.54) is 24.1 Å². The van der Waals surface area contributed by atoms with Crippen molar-refractivity contribution in [2.45, 2.75) is 56.9 Å². The Balaban J connectivity index is 0.000000248. The molecule has 49 heavy (non-hydrogen) atoms. The molecule has 0 aliphatic carbocycles. The molecule has 2 unspecified atom stereocenters. The number of nitrogens with two attached hydrogens (primary N) is 1. The van der Waals surface area contributed by atoms with Crippen molar-refractivity contribution in [2.24, 2.45) is 0 Å². The van der Waals surface area contributed by atoms with Gasteiger partial charge in [0.2, 0.25) is 0 Å². The Hall–Kier alpha value is -5.80. The normalized spacial score (nSPS) is 17.0. The van der Waals surface area contributed by atoms with Gasteiger partial charge >= 0.3 is 24.4 Å². The zero-order valence-electron chi connectivity index (χ0n) is 26.3. The summed E-state index contributed by atoms with van der Waals surface area (Å²) in [6.07, 6.45) is 1.29. The molecule has 16 heteroatoms. The molecule has 0 radical (unpaired) electrons. The molecule has 13 nitrogen and oxygen atoms in total. The van der Waals surface area contributed by atoms with Crippen molar-refractivity contribution in [3.63, 3.8) is 0 Å². The van der Waals surface area contributed by atoms with Crippen LogP contribution in [0.2, 0.25) is 0 Å². The van der Waals surface area contributed by atoms with E-state index in [1.54, 1.807) is 48.7 Å². The molecule has 2 saturated heterocycles. The first-order chi connectivity index (χ1) is 23.5. The highest BCUT2D eigenvalue weighted by atomic mass is 19.4. The van der Waals surface area contributed by atoms with E-state index in [0.717, 1.165) is 48.2 Å². The number of hydrogen-bond donors (Lipinski definition) is 4. The van der Waals surface area contributed by atoms with Crippen LogP contribution in [0.15, 0.2) is 67.0 Å². The highest BCUT2D eigenvalue weighted by Gasteiger charge is 2.42. The molecule has 0 saturated carbocycles. The molecular weight excluding hydrogens is 645 g/mol. The summed E-state index contributed by atoms with van der Waals surface area (Å²) in [6, 6.07) is 13.9. The van der Waals surface area contributed by atoms with Crippen LogP contribution in [-0.4, -0.2) is 62.1 Å². The van der Waals surface area contributed by atoms with Gasteiger partial charge < -0.3 is 31.1 Å². The third-order valence-corrected chi connectivity index (χ3v) is 8.83. The van der Waals surface area contributed by atoms with E-state index in [9.17, 15) is 32.7 Å². The van der Waals surface area contributed by atoms with E-state index in [4.69, 9.17) is 5.73 Å². The Labute approximate surface area is 277 Å². The first kappa shape index (κ1) is 33.1. The van der Waals surface area contributed by atoms with Crippen LogP contribution in [-0.2, 0) is 17.5 Å². The number of alkyl halides is 3. The predicted molar refractivity (Wildman–Crippen MR) is 176 cm³/mol. The smallest absolute Gasteiger partial charge is 0.434 e. The standard InChI is InChI=1S/C24H24F3N5O3.C9H9N3O2/c25-24(26,27)18-11-14(7-10-21(18)31-15-3-1-4-16(31)9-8-15)12-28-22(33)30-19-5-2-6-20-17(19)13-29-32(20)23(34)35;1-14-9(13)12-8-4-2-3-7(10)6(8)5-11-12/h2,5-7,10-11,13,15-16H,1,3-4,8-9,12H2,(H,34,35)(H2,28,30,33);2-5H,10H2,1H3. The van der Waals surface area contributed by atoms with E-state index in [-0.39, 0.29) is 24.3 Å². The van der Waals surface area contributed by atoms with Gasteiger partial charge in [-0.2, -0.15) is 32.7 Å². The number of rotatable bonds is 4. The summed E-state index contributed by atoms with van der Waals surface area (Å²) in [4.78, 5) is 36.9. The summed E-state index contributed by atoms with van der Waals surface area (Å²) < 4.78 is 48.4. The third-order valence-electron chi connectivity index (χ3n) is 8.83. The molecule has 2 atom stereocenters. The van der Waals surface area contributed by atoms with Gasteiger partial charge in [0.1, 0.15) is 0 Å². The Kier molecular flexibility index (Phi) is 9.03. The maximum absolute atomic E-state index is 14.0. The summed E-state index contributed by atoms with van der Waals surface area (Å²) in [7, 11) is 1.31. The molecule has 5 aromatic rings. The summed E-state index contributed by atoms with van der Waals surface area (Å²) >= 11 is 0. The summed E-state index contributed by atoms with van der Waals surface area (Å²) in [5, 5.41) is 23.2. The van der Waals surface area contributed by atoms with Gasteiger partial charge in [0.25, 0.3) is 0 Å². The fourth-order valence-electron chi connectivity index (χ4n) is 6.62. The van der Waals surface area contributed by atoms with Gasteiger partial charge in [0, 0.05) is 40.8 Å². The number of carboxylic acid groups (broad SMARTS) is 1. The molecule has 2 amide bonds.